The molecule has 0 saturated carbocycles. The molecular formula is C40H32N4. The van der Waals surface area contributed by atoms with Crippen molar-refractivity contribution in [3.05, 3.63) is 191 Å². The lowest BCUT2D eigenvalue weighted by atomic mass is 10.1. The fraction of sp³-hybridized carbons (Fsp3) is 0. The largest absolute Gasteiger partial charge is 0.264 e. The van der Waals surface area contributed by atoms with Crippen LogP contribution in [0, 0.1) is 0 Å². The van der Waals surface area contributed by atoms with Crippen molar-refractivity contribution in [2.24, 2.45) is 0 Å². The lowest BCUT2D eigenvalue weighted by Gasteiger charge is -1.97. The molecule has 0 spiro atoms. The minimum atomic E-state index is 1.10. The number of hydrogen-bond donors (Lipinski definition) is 0. The van der Waals surface area contributed by atoms with Gasteiger partial charge in [-0.25, -0.2) is 0 Å². The summed E-state index contributed by atoms with van der Waals surface area (Å²) in [6.07, 6.45) is 31.1. The fourth-order valence-electron chi connectivity index (χ4n) is 4.10. The number of hydrogen-bond acceptors (Lipinski definition) is 4. The first-order valence-corrected chi connectivity index (χ1v) is 14.3. The molecule has 6 aromatic rings. The van der Waals surface area contributed by atoms with Gasteiger partial charge in [-0.1, -0.05) is 121 Å². The maximum Gasteiger partial charge on any atom is 0.0340 e. The molecule has 0 N–H and O–H groups in total. The van der Waals surface area contributed by atoms with Crippen molar-refractivity contribution < 1.29 is 0 Å². The Labute approximate surface area is 259 Å². The van der Waals surface area contributed by atoms with Gasteiger partial charge < -0.3 is 0 Å². The van der Waals surface area contributed by atoms with Crippen LogP contribution in [0.1, 0.15) is 44.5 Å². The van der Waals surface area contributed by atoms with Crippen LogP contribution in [0.5, 0.6) is 0 Å². The van der Waals surface area contributed by atoms with Crippen LogP contribution in [-0.4, -0.2) is 19.9 Å². The van der Waals surface area contributed by atoms with E-state index < -0.39 is 0 Å². The third-order valence-corrected chi connectivity index (χ3v) is 6.48. The zero-order valence-corrected chi connectivity index (χ0v) is 24.3. The Kier molecular flexibility index (Phi) is 11.0. The minimum Gasteiger partial charge on any atom is -0.264 e. The van der Waals surface area contributed by atoms with Crippen molar-refractivity contribution in [1.29, 1.82) is 0 Å². The molecule has 0 unspecified atom stereocenters. The molecule has 0 aliphatic rings. The van der Waals surface area contributed by atoms with Crippen molar-refractivity contribution >= 4 is 48.6 Å². The minimum absolute atomic E-state index is 1.10. The molecule has 0 aliphatic carbocycles. The van der Waals surface area contributed by atoms with Crippen molar-refractivity contribution in [3.63, 3.8) is 0 Å². The molecule has 212 valence electrons. The van der Waals surface area contributed by atoms with Crippen LogP contribution < -0.4 is 0 Å². The summed E-state index contributed by atoms with van der Waals surface area (Å²) in [5, 5.41) is 0. The van der Waals surface area contributed by atoms with E-state index in [0.29, 0.717) is 0 Å². The highest BCUT2D eigenvalue weighted by molar-refractivity contribution is 5.74. The van der Waals surface area contributed by atoms with Gasteiger partial charge in [-0.05, 0) is 68.8 Å². The number of aromatic nitrogens is 4. The monoisotopic (exact) mass is 568 g/mol. The average molecular weight is 569 g/mol. The quantitative estimate of drug-likeness (QED) is 0.183. The third kappa shape index (κ3) is 10.1. The molecule has 0 bridgehead atoms. The van der Waals surface area contributed by atoms with E-state index in [1.165, 1.54) is 22.3 Å². The number of rotatable bonds is 8. The van der Waals surface area contributed by atoms with Crippen LogP contribution in [0.2, 0.25) is 0 Å². The van der Waals surface area contributed by atoms with Crippen LogP contribution in [-0.2, 0) is 0 Å². The summed E-state index contributed by atoms with van der Waals surface area (Å²) in [7, 11) is 0. The topological polar surface area (TPSA) is 51.6 Å². The third-order valence-electron chi connectivity index (χ3n) is 6.48. The zero-order valence-electron chi connectivity index (χ0n) is 24.3. The molecule has 4 heteroatoms. The van der Waals surface area contributed by atoms with Crippen LogP contribution in [0.4, 0.5) is 0 Å². The Balaban J connectivity index is 0.000000175. The second-order valence-electron chi connectivity index (χ2n) is 9.81. The Bertz CT molecular complexity index is 1520. The first-order chi connectivity index (χ1) is 21.8. The van der Waals surface area contributed by atoms with Gasteiger partial charge in [0, 0.05) is 49.6 Å². The van der Waals surface area contributed by atoms with Gasteiger partial charge in [-0.3, -0.25) is 19.9 Å². The molecule has 0 amide bonds. The summed E-state index contributed by atoms with van der Waals surface area (Å²) in [5.74, 6) is 0. The summed E-state index contributed by atoms with van der Waals surface area (Å²) in [5.41, 5.74) is 9.08. The van der Waals surface area contributed by atoms with Crippen molar-refractivity contribution in [1.82, 2.24) is 19.9 Å². The highest BCUT2D eigenvalue weighted by atomic mass is 14.6. The van der Waals surface area contributed by atoms with Crippen LogP contribution in [0.25, 0.3) is 48.6 Å². The zero-order chi connectivity index (χ0) is 30.1. The van der Waals surface area contributed by atoms with Crippen LogP contribution in [0.15, 0.2) is 147 Å². The van der Waals surface area contributed by atoms with E-state index in [-0.39, 0.29) is 0 Å². The maximum atomic E-state index is 4.10. The molecular weight excluding hydrogens is 536 g/mol. The molecule has 0 fully saturated rings. The molecule has 0 aliphatic heterocycles. The second-order valence-corrected chi connectivity index (χ2v) is 9.81. The van der Waals surface area contributed by atoms with Gasteiger partial charge in [0.2, 0.25) is 0 Å². The lowest BCUT2D eigenvalue weighted by molar-refractivity contribution is 1.32. The second kappa shape index (κ2) is 16.4. The van der Waals surface area contributed by atoms with E-state index in [1.54, 1.807) is 24.8 Å². The van der Waals surface area contributed by atoms with E-state index in [2.05, 4.69) is 117 Å². The molecule has 6 rings (SSSR count). The molecule has 4 heterocycles. The Hall–Kier alpha value is -6.00. The smallest absolute Gasteiger partial charge is 0.0340 e. The summed E-state index contributed by atoms with van der Waals surface area (Å²) < 4.78 is 0. The van der Waals surface area contributed by atoms with E-state index in [4.69, 9.17) is 0 Å². The molecule has 0 radical (unpaired) electrons. The van der Waals surface area contributed by atoms with Gasteiger partial charge in [0.25, 0.3) is 0 Å². The molecule has 0 atom stereocenters. The van der Waals surface area contributed by atoms with Gasteiger partial charge >= 0.3 is 0 Å². The predicted molar refractivity (Wildman–Crippen MR) is 186 cm³/mol. The first-order valence-electron chi connectivity index (χ1n) is 14.3. The summed E-state index contributed by atoms with van der Waals surface area (Å²) in [4.78, 5) is 16.4. The Morgan fingerprint density at radius 3 is 0.636 bits per heavy atom. The normalized spacial score (nSPS) is 11.3. The standard InChI is InChI=1S/2C20H16N2/c2*1-3-19(15-21-13-1)11-9-17-5-7-18(8-6-17)10-12-20-4-2-14-22-16-20/h2*1-16H/b2*11-9+,12-10+. The van der Waals surface area contributed by atoms with Crippen LogP contribution in [0.3, 0.4) is 0 Å². The van der Waals surface area contributed by atoms with Crippen molar-refractivity contribution in [3.8, 4) is 0 Å². The van der Waals surface area contributed by atoms with E-state index >= 15 is 0 Å². The maximum absolute atomic E-state index is 4.10. The Morgan fingerprint density at radius 1 is 0.250 bits per heavy atom. The van der Waals surface area contributed by atoms with Crippen molar-refractivity contribution in [2.75, 3.05) is 0 Å². The molecule has 4 nitrogen and oxygen atoms in total. The van der Waals surface area contributed by atoms with E-state index in [0.717, 1.165) is 22.3 Å². The van der Waals surface area contributed by atoms with Gasteiger partial charge in [-0.15, -0.1) is 0 Å². The summed E-state index contributed by atoms with van der Waals surface area (Å²) in [6.45, 7) is 0. The summed E-state index contributed by atoms with van der Waals surface area (Å²) in [6, 6.07) is 32.7. The van der Waals surface area contributed by atoms with E-state index in [1.807, 2.05) is 73.3 Å². The highest BCUT2D eigenvalue weighted by Gasteiger charge is 1.92. The number of nitrogens with zero attached hydrogens (tertiary/aromatic N) is 4. The van der Waals surface area contributed by atoms with Crippen LogP contribution >= 0.6 is 0 Å². The number of benzene rings is 2. The average Bonchev–Trinajstić information content (AvgIpc) is 3.11. The lowest BCUT2D eigenvalue weighted by Crippen LogP contribution is -1.77. The molecule has 4 aromatic heterocycles. The SMILES string of the molecule is C(=C\c1cccnc1)/c1ccc(/C=C/c2cccnc2)cc1.C(=C\c1cccnc1)/c1ccc(/C=C/c2cccnc2)cc1. The Morgan fingerprint density at radius 2 is 0.455 bits per heavy atom. The van der Waals surface area contributed by atoms with Gasteiger partial charge in [0.1, 0.15) is 0 Å². The molecule has 2 aromatic carbocycles. The van der Waals surface area contributed by atoms with Gasteiger partial charge in [-0.2, -0.15) is 0 Å². The first kappa shape index (κ1) is 29.5. The van der Waals surface area contributed by atoms with Crippen molar-refractivity contribution in [2.45, 2.75) is 0 Å². The molecule has 0 saturated heterocycles. The predicted octanol–water partition coefficient (Wildman–Crippen LogP) is 9.63. The van der Waals surface area contributed by atoms with Gasteiger partial charge in [0.05, 0.1) is 0 Å². The molecule has 44 heavy (non-hydrogen) atoms. The fourth-order valence-corrected chi connectivity index (χ4v) is 4.10. The van der Waals surface area contributed by atoms with Gasteiger partial charge in [0.15, 0.2) is 0 Å². The number of pyridine rings is 4. The van der Waals surface area contributed by atoms with E-state index in [9.17, 15) is 0 Å². The highest BCUT2D eigenvalue weighted by Crippen LogP contribution is 2.13. The summed E-state index contributed by atoms with van der Waals surface area (Å²) >= 11 is 0.